The van der Waals surface area contributed by atoms with Crippen molar-refractivity contribution in [1.82, 2.24) is 5.32 Å². The molecule has 4 heteroatoms. The van der Waals surface area contributed by atoms with Crippen molar-refractivity contribution in [2.45, 2.75) is 26.4 Å². The minimum Gasteiger partial charge on any atom is -0.497 e. The molecule has 17 heavy (non-hydrogen) atoms. The fourth-order valence-electron chi connectivity index (χ4n) is 1.40. The van der Waals surface area contributed by atoms with E-state index in [1.165, 1.54) is 0 Å². The molecule has 0 spiro atoms. The van der Waals surface area contributed by atoms with Crippen LogP contribution in [0.4, 0.5) is 0 Å². The third-order valence-corrected chi connectivity index (χ3v) is 2.30. The molecule has 0 saturated carbocycles. The molecule has 0 amide bonds. The van der Waals surface area contributed by atoms with Crippen molar-refractivity contribution in [3.05, 3.63) is 23.8 Å². The van der Waals surface area contributed by atoms with Crippen molar-refractivity contribution < 1.29 is 14.2 Å². The number of methoxy groups -OCH3 is 2. The number of rotatable bonds is 7. The summed E-state index contributed by atoms with van der Waals surface area (Å²) in [5.41, 5.74) is 1.06. The van der Waals surface area contributed by atoms with Gasteiger partial charge in [-0.25, -0.2) is 0 Å². The van der Waals surface area contributed by atoms with Gasteiger partial charge in [-0.3, -0.25) is 0 Å². The summed E-state index contributed by atoms with van der Waals surface area (Å²) in [4.78, 5) is 0. The molecule has 0 heterocycles. The first-order chi connectivity index (χ1) is 8.17. The zero-order valence-electron chi connectivity index (χ0n) is 10.9. The van der Waals surface area contributed by atoms with E-state index in [0.717, 1.165) is 23.6 Å². The first kappa shape index (κ1) is 13.8. The Hall–Kier alpha value is -1.26. The van der Waals surface area contributed by atoms with Crippen LogP contribution in [0.5, 0.6) is 11.5 Å². The zero-order valence-corrected chi connectivity index (χ0v) is 10.9. The van der Waals surface area contributed by atoms with Crippen LogP contribution in [0, 0.1) is 0 Å². The van der Waals surface area contributed by atoms with Gasteiger partial charge in [-0.2, -0.15) is 0 Å². The van der Waals surface area contributed by atoms with Gasteiger partial charge in [0.1, 0.15) is 11.5 Å². The topological polar surface area (TPSA) is 39.7 Å². The fraction of sp³-hybridized carbons (Fsp3) is 0.538. The number of nitrogens with one attached hydrogen (secondary N) is 1. The summed E-state index contributed by atoms with van der Waals surface area (Å²) in [5.74, 6) is 1.65. The fourth-order valence-corrected chi connectivity index (χ4v) is 1.40. The lowest BCUT2D eigenvalue weighted by atomic mass is 10.2. The molecule has 0 unspecified atom stereocenters. The summed E-state index contributed by atoms with van der Waals surface area (Å²) < 4.78 is 15.6. The first-order valence-electron chi connectivity index (χ1n) is 5.69. The van der Waals surface area contributed by atoms with Crippen LogP contribution in [0.1, 0.15) is 19.4 Å². The molecule has 0 aromatic heterocycles. The Bertz CT molecular complexity index is 339. The molecular formula is C13H21NO3. The molecule has 0 saturated heterocycles. The Balaban J connectivity index is 2.78. The maximum atomic E-state index is 5.50. The van der Waals surface area contributed by atoms with E-state index in [0.29, 0.717) is 6.04 Å². The molecule has 0 atom stereocenters. The van der Waals surface area contributed by atoms with Crippen LogP contribution in [-0.2, 0) is 11.3 Å². The Morgan fingerprint density at radius 3 is 2.59 bits per heavy atom. The Morgan fingerprint density at radius 2 is 2.00 bits per heavy atom. The molecule has 4 nitrogen and oxygen atoms in total. The highest BCUT2D eigenvalue weighted by Gasteiger charge is 2.06. The van der Waals surface area contributed by atoms with E-state index in [1.54, 1.807) is 14.2 Å². The van der Waals surface area contributed by atoms with Crippen molar-refractivity contribution in [2.24, 2.45) is 0 Å². The molecule has 0 fully saturated rings. The van der Waals surface area contributed by atoms with E-state index in [2.05, 4.69) is 19.2 Å². The van der Waals surface area contributed by atoms with Gasteiger partial charge in [-0.05, 0) is 18.2 Å². The average molecular weight is 239 g/mol. The van der Waals surface area contributed by atoms with Crippen molar-refractivity contribution in [3.8, 4) is 11.5 Å². The number of hydrogen-bond donors (Lipinski definition) is 1. The van der Waals surface area contributed by atoms with Crippen molar-refractivity contribution in [3.63, 3.8) is 0 Å². The molecule has 0 aliphatic heterocycles. The number of benzene rings is 1. The second kappa shape index (κ2) is 7.14. The van der Waals surface area contributed by atoms with Crippen molar-refractivity contribution in [1.29, 1.82) is 0 Å². The van der Waals surface area contributed by atoms with Gasteiger partial charge in [0.05, 0.1) is 7.11 Å². The summed E-state index contributed by atoms with van der Waals surface area (Å²) in [6, 6.07) is 6.18. The van der Waals surface area contributed by atoms with Gasteiger partial charge in [0, 0.05) is 25.3 Å². The Kier molecular flexibility index (Phi) is 5.80. The van der Waals surface area contributed by atoms with E-state index < -0.39 is 0 Å². The van der Waals surface area contributed by atoms with E-state index in [-0.39, 0.29) is 6.79 Å². The molecule has 1 N–H and O–H groups in total. The lowest BCUT2D eigenvalue weighted by Crippen LogP contribution is -2.22. The van der Waals surface area contributed by atoms with Crippen LogP contribution in [0.15, 0.2) is 18.2 Å². The minimum absolute atomic E-state index is 0.251. The largest absolute Gasteiger partial charge is 0.497 e. The highest BCUT2D eigenvalue weighted by molar-refractivity contribution is 5.40. The molecule has 1 aromatic rings. The zero-order chi connectivity index (χ0) is 12.7. The second-order valence-corrected chi connectivity index (χ2v) is 4.06. The van der Waals surface area contributed by atoms with Gasteiger partial charge in [-0.1, -0.05) is 13.8 Å². The van der Waals surface area contributed by atoms with E-state index in [9.17, 15) is 0 Å². The van der Waals surface area contributed by atoms with Gasteiger partial charge < -0.3 is 19.5 Å². The van der Waals surface area contributed by atoms with Gasteiger partial charge >= 0.3 is 0 Å². The van der Waals surface area contributed by atoms with Gasteiger partial charge in [0.25, 0.3) is 0 Å². The second-order valence-electron chi connectivity index (χ2n) is 4.06. The maximum absolute atomic E-state index is 5.50. The van der Waals surface area contributed by atoms with Crippen LogP contribution < -0.4 is 14.8 Å². The third-order valence-electron chi connectivity index (χ3n) is 2.30. The van der Waals surface area contributed by atoms with E-state index in [4.69, 9.17) is 14.2 Å². The first-order valence-corrected chi connectivity index (χ1v) is 5.69. The van der Waals surface area contributed by atoms with Gasteiger partial charge in [0.15, 0.2) is 6.79 Å². The van der Waals surface area contributed by atoms with E-state index in [1.807, 2.05) is 18.2 Å². The van der Waals surface area contributed by atoms with Crippen LogP contribution in [-0.4, -0.2) is 27.1 Å². The Labute approximate surface area is 103 Å². The van der Waals surface area contributed by atoms with Crippen molar-refractivity contribution >= 4 is 0 Å². The highest BCUT2D eigenvalue weighted by Crippen LogP contribution is 2.24. The quantitative estimate of drug-likeness (QED) is 0.740. The van der Waals surface area contributed by atoms with Crippen LogP contribution in [0.3, 0.4) is 0 Å². The molecule has 0 aliphatic rings. The van der Waals surface area contributed by atoms with E-state index >= 15 is 0 Å². The third kappa shape index (κ3) is 4.63. The van der Waals surface area contributed by atoms with Crippen molar-refractivity contribution in [2.75, 3.05) is 21.0 Å². The summed E-state index contributed by atoms with van der Waals surface area (Å²) in [6.45, 7) is 5.21. The standard InChI is InChI=1S/C13H21NO3/c1-10(2)14-8-11-7-12(16-4)5-6-13(11)17-9-15-3/h5-7,10,14H,8-9H2,1-4H3. The number of hydrogen-bond acceptors (Lipinski definition) is 4. The smallest absolute Gasteiger partial charge is 0.188 e. The monoisotopic (exact) mass is 239 g/mol. The summed E-state index contributed by atoms with van der Waals surface area (Å²) in [5, 5.41) is 3.35. The van der Waals surface area contributed by atoms with Crippen LogP contribution in [0.2, 0.25) is 0 Å². The normalized spacial score (nSPS) is 10.6. The lowest BCUT2D eigenvalue weighted by molar-refractivity contribution is 0.0503. The number of ether oxygens (including phenoxy) is 3. The molecule has 0 bridgehead atoms. The average Bonchev–Trinajstić information content (AvgIpc) is 2.34. The van der Waals surface area contributed by atoms with Gasteiger partial charge in [-0.15, -0.1) is 0 Å². The molecule has 0 radical (unpaired) electrons. The molecule has 96 valence electrons. The van der Waals surface area contributed by atoms with Gasteiger partial charge in [0.2, 0.25) is 0 Å². The summed E-state index contributed by atoms with van der Waals surface area (Å²) >= 11 is 0. The molecule has 1 rings (SSSR count). The van der Waals surface area contributed by atoms with Crippen LogP contribution in [0.25, 0.3) is 0 Å². The maximum Gasteiger partial charge on any atom is 0.188 e. The summed E-state index contributed by atoms with van der Waals surface area (Å²) in [6.07, 6.45) is 0. The summed E-state index contributed by atoms with van der Waals surface area (Å²) in [7, 11) is 3.26. The Morgan fingerprint density at radius 1 is 1.24 bits per heavy atom. The molecule has 1 aromatic carbocycles. The lowest BCUT2D eigenvalue weighted by Gasteiger charge is -2.14. The highest BCUT2D eigenvalue weighted by atomic mass is 16.7. The molecular weight excluding hydrogens is 218 g/mol. The molecule has 0 aliphatic carbocycles. The van der Waals surface area contributed by atoms with Crippen LogP contribution >= 0.6 is 0 Å². The SMILES string of the molecule is COCOc1ccc(OC)cc1CNC(C)C. The predicted octanol–water partition coefficient (Wildman–Crippen LogP) is 2.18. The predicted molar refractivity (Wildman–Crippen MR) is 67.5 cm³/mol. The minimum atomic E-state index is 0.251.